The summed E-state index contributed by atoms with van der Waals surface area (Å²) in [6, 6.07) is 13.6. The van der Waals surface area contributed by atoms with Gasteiger partial charge in [0.05, 0.1) is 7.11 Å². The summed E-state index contributed by atoms with van der Waals surface area (Å²) in [5, 5.41) is 2.99. The van der Waals surface area contributed by atoms with Gasteiger partial charge < -0.3 is 15.0 Å². The van der Waals surface area contributed by atoms with Crippen molar-refractivity contribution in [3.8, 4) is 0 Å². The molecule has 3 rings (SSSR count). The maximum absolute atomic E-state index is 12.6. The van der Waals surface area contributed by atoms with Gasteiger partial charge in [0.2, 0.25) is 0 Å². The van der Waals surface area contributed by atoms with Crippen molar-refractivity contribution in [2.75, 3.05) is 19.0 Å². The molecule has 2 N–H and O–H groups in total. The molecule has 2 atom stereocenters. The second-order valence-electron chi connectivity index (χ2n) is 6.86. The Balaban J connectivity index is 1.76. The summed E-state index contributed by atoms with van der Waals surface area (Å²) >= 11 is 0. The predicted octanol–water partition coefficient (Wildman–Crippen LogP) is 1.42. The number of benzene rings is 2. The number of hydrogen-bond donors (Lipinski definition) is 2. The predicted molar refractivity (Wildman–Crippen MR) is 100 cm³/mol. The van der Waals surface area contributed by atoms with Gasteiger partial charge in [-0.3, -0.25) is 4.79 Å². The van der Waals surface area contributed by atoms with Gasteiger partial charge in [0, 0.05) is 17.7 Å². The zero-order valence-corrected chi connectivity index (χ0v) is 15.5. The summed E-state index contributed by atoms with van der Waals surface area (Å²) in [4.78, 5) is 25.8. The zero-order chi connectivity index (χ0) is 18.7. The van der Waals surface area contributed by atoms with Crippen LogP contribution in [0.1, 0.15) is 22.3 Å². The van der Waals surface area contributed by atoms with Gasteiger partial charge in [-0.2, -0.15) is 0 Å². The summed E-state index contributed by atoms with van der Waals surface area (Å²) in [6.45, 7) is 4.87. The van der Waals surface area contributed by atoms with E-state index in [0.29, 0.717) is 13.0 Å². The minimum absolute atomic E-state index is 0.0954. The Morgan fingerprint density at radius 3 is 2.58 bits per heavy atom. The van der Waals surface area contributed by atoms with E-state index in [0.717, 1.165) is 27.3 Å². The molecule has 0 aromatic heterocycles. The fourth-order valence-electron chi connectivity index (χ4n) is 3.53. The number of methoxy groups -OCH3 is 1. The number of nitrogens with one attached hydrogen (secondary N) is 2. The topological polar surface area (TPSA) is 59.8 Å². The molecule has 5 heteroatoms. The third kappa shape index (κ3) is 3.78. The van der Waals surface area contributed by atoms with Gasteiger partial charge in [-0.25, -0.2) is 4.79 Å². The third-order valence-corrected chi connectivity index (χ3v) is 5.20. The fraction of sp³-hybridized carbons (Fsp3) is 0.333. The quantitative estimate of drug-likeness (QED) is 0.818. The highest BCUT2D eigenvalue weighted by molar-refractivity contribution is 5.92. The molecule has 0 bridgehead atoms. The van der Waals surface area contributed by atoms with Crippen molar-refractivity contribution >= 4 is 17.6 Å². The van der Waals surface area contributed by atoms with Crippen LogP contribution in [0.15, 0.2) is 42.5 Å². The molecule has 1 heterocycles. The number of ether oxygens (including phenoxy) is 1. The highest BCUT2D eigenvalue weighted by Crippen LogP contribution is 2.18. The Kier molecular flexibility index (Phi) is 5.38. The maximum Gasteiger partial charge on any atom is 0.365 e. The minimum Gasteiger partial charge on any atom is -0.465 e. The Hall–Kier alpha value is -2.66. The SMILES string of the molecule is COC(=O)[C@H]1Cc2ccccc2C[NH+]1CC(=O)Nc1cccc(C)c1C. The second kappa shape index (κ2) is 7.70. The van der Waals surface area contributed by atoms with E-state index in [1.54, 1.807) is 0 Å². The maximum atomic E-state index is 12.6. The highest BCUT2D eigenvalue weighted by atomic mass is 16.5. The lowest BCUT2D eigenvalue weighted by molar-refractivity contribution is -0.924. The molecule has 0 fully saturated rings. The Labute approximate surface area is 154 Å². The molecular formula is C21H25N2O3+. The molecule has 1 aliphatic heterocycles. The number of carbonyl (C=O) groups excluding carboxylic acids is 2. The van der Waals surface area contributed by atoms with Crippen LogP contribution >= 0.6 is 0 Å². The van der Waals surface area contributed by atoms with Gasteiger partial charge in [0.25, 0.3) is 5.91 Å². The van der Waals surface area contributed by atoms with Crippen molar-refractivity contribution in [1.82, 2.24) is 0 Å². The van der Waals surface area contributed by atoms with E-state index in [9.17, 15) is 9.59 Å². The van der Waals surface area contributed by atoms with Crippen molar-refractivity contribution in [2.24, 2.45) is 0 Å². The number of aryl methyl sites for hydroxylation is 1. The van der Waals surface area contributed by atoms with Crippen molar-refractivity contribution in [3.63, 3.8) is 0 Å². The number of quaternary nitrogens is 1. The minimum atomic E-state index is -0.362. The van der Waals surface area contributed by atoms with Gasteiger partial charge in [0.1, 0.15) is 6.54 Å². The zero-order valence-electron chi connectivity index (χ0n) is 15.5. The first-order valence-electron chi connectivity index (χ1n) is 8.85. The number of anilines is 1. The van der Waals surface area contributed by atoms with Crippen molar-refractivity contribution in [3.05, 3.63) is 64.7 Å². The first-order valence-corrected chi connectivity index (χ1v) is 8.85. The molecule has 1 aliphatic rings. The van der Waals surface area contributed by atoms with Gasteiger partial charge in [-0.05, 0) is 36.6 Å². The largest absolute Gasteiger partial charge is 0.465 e. The van der Waals surface area contributed by atoms with E-state index >= 15 is 0 Å². The first kappa shape index (κ1) is 18.1. The second-order valence-corrected chi connectivity index (χ2v) is 6.86. The number of carbonyl (C=O) groups is 2. The van der Waals surface area contributed by atoms with Gasteiger partial charge >= 0.3 is 5.97 Å². The third-order valence-electron chi connectivity index (χ3n) is 5.20. The van der Waals surface area contributed by atoms with Crippen LogP contribution in [0.5, 0.6) is 0 Å². The van der Waals surface area contributed by atoms with Crippen LogP contribution in [0.2, 0.25) is 0 Å². The number of fused-ring (bicyclic) bond motifs is 1. The summed E-state index contributed by atoms with van der Waals surface area (Å²) < 4.78 is 4.98. The Bertz CT molecular complexity index is 832. The lowest BCUT2D eigenvalue weighted by atomic mass is 9.94. The molecule has 1 amide bonds. The standard InChI is InChI=1S/C21H24N2O3/c1-14-7-6-10-18(15(14)2)22-20(24)13-23-12-17-9-5-4-8-16(17)11-19(23)21(25)26-3/h4-10,19H,11-13H2,1-3H3,(H,22,24)/p+1/t19-/m1/s1. The van der Waals surface area contributed by atoms with Crippen LogP contribution in [-0.2, 0) is 27.3 Å². The van der Waals surface area contributed by atoms with Crippen LogP contribution in [0.3, 0.4) is 0 Å². The number of rotatable bonds is 4. The molecule has 2 aromatic rings. The smallest absolute Gasteiger partial charge is 0.365 e. The average molecular weight is 353 g/mol. The van der Waals surface area contributed by atoms with Gasteiger partial charge in [-0.15, -0.1) is 0 Å². The number of hydrogen-bond acceptors (Lipinski definition) is 3. The number of amides is 1. The summed E-state index contributed by atoms with van der Waals surface area (Å²) in [5.41, 5.74) is 5.35. The van der Waals surface area contributed by atoms with E-state index in [4.69, 9.17) is 4.74 Å². The van der Waals surface area contributed by atoms with Crippen molar-refractivity contribution in [1.29, 1.82) is 0 Å². The molecule has 26 heavy (non-hydrogen) atoms. The van der Waals surface area contributed by atoms with Gasteiger partial charge in [0.15, 0.2) is 12.6 Å². The van der Waals surface area contributed by atoms with Crippen molar-refractivity contribution < 1.29 is 19.2 Å². The molecule has 136 valence electrons. The van der Waals surface area contributed by atoms with E-state index in [-0.39, 0.29) is 24.5 Å². The monoisotopic (exact) mass is 353 g/mol. The van der Waals surface area contributed by atoms with Crippen LogP contribution < -0.4 is 10.2 Å². The van der Waals surface area contributed by atoms with Crippen LogP contribution in [-0.4, -0.2) is 31.6 Å². The lowest BCUT2D eigenvalue weighted by Crippen LogP contribution is -3.17. The molecule has 1 unspecified atom stereocenters. The number of esters is 1. The van der Waals surface area contributed by atoms with E-state index < -0.39 is 0 Å². The van der Waals surface area contributed by atoms with Crippen LogP contribution in [0.4, 0.5) is 5.69 Å². The van der Waals surface area contributed by atoms with Crippen LogP contribution in [0, 0.1) is 13.8 Å². The van der Waals surface area contributed by atoms with E-state index in [2.05, 4.69) is 11.4 Å². The van der Waals surface area contributed by atoms with E-state index in [1.165, 1.54) is 12.7 Å². The highest BCUT2D eigenvalue weighted by Gasteiger charge is 2.37. The molecule has 0 saturated carbocycles. The fourth-order valence-corrected chi connectivity index (χ4v) is 3.53. The Morgan fingerprint density at radius 1 is 1.12 bits per heavy atom. The molecule has 0 saturated heterocycles. The Morgan fingerprint density at radius 2 is 1.85 bits per heavy atom. The van der Waals surface area contributed by atoms with Gasteiger partial charge in [-0.1, -0.05) is 36.4 Å². The summed E-state index contributed by atoms with van der Waals surface area (Å²) in [6.07, 6.45) is 0.592. The molecule has 0 radical (unpaired) electrons. The molecular weight excluding hydrogens is 328 g/mol. The summed E-state index contributed by atoms with van der Waals surface area (Å²) in [7, 11) is 1.40. The molecule has 5 nitrogen and oxygen atoms in total. The van der Waals surface area contributed by atoms with Crippen LogP contribution in [0.25, 0.3) is 0 Å². The lowest BCUT2D eigenvalue weighted by Gasteiger charge is -2.31. The average Bonchev–Trinajstić information content (AvgIpc) is 2.64. The molecule has 2 aromatic carbocycles. The molecule has 0 aliphatic carbocycles. The van der Waals surface area contributed by atoms with E-state index in [1.807, 2.05) is 50.2 Å². The normalized spacial score (nSPS) is 18.7. The van der Waals surface area contributed by atoms with Crippen molar-refractivity contribution in [2.45, 2.75) is 32.9 Å². The molecule has 0 spiro atoms. The summed E-state index contributed by atoms with van der Waals surface area (Å²) in [5.74, 6) is -0.365. The first-order chi connectivity index (χ1) is 12.5.